The number of benzene rings is 2. The summed E-state index contributed by atoms with van der Waals surface area (Å²) in [4.78, 5) is 12.6. The Morgan fingerprint density at radius 3 is 2.20 bits per heavy atom. The molecule has 4 N–H and O–H groups in total. The van der Waals surface area contributed by atoms with Crippen LogP contribution in [0.4, 0.5) is 20.6 Å². The molecule has 5 nitrogen and oxygen atoms in total. The summed E-state index contributed by atoms with van der Waals surface area (Å²) in [6, 6.07) is 12.2. The van der Waals surface area contributed by atoms with Crippen molar-refractivity contribution in [3.63, 3.8) is 0 Å². The lowest BCUT2D eigenvalue weighted by Gasteiger charge is -2.37. The molecule has 0 saturated carbocycles. The number of urea groups is 1. The Balaban J connectivity index is 2.23. The van der Waals surface area contributed by atoms with Gasteiger partial charge in [0.05, 0.1) is 0 Å². The Bertz CT molecular complexity index is 993. The molecule has 192 valence electrons. The summed E-state index contributed by atoms with van der Waals surface area (Å²) >= 11 is 0. The van der Waals surface area contributed by atoms with E-state index in [1.165, 1.54) is 18.3 Å². The average molecular weight is 483 g/mol. The quantitative estimate of drug-likeness (QED) is 0.265. The second kappa shape index (κ2) is 11.7. The van der Waals surface area contributed by atoms with Gasteiger partial charge in [-0.2, -0.15) is 0 Å². The van der Waals surface area contributed by atoms with E-state index in [9.17, 15) is 9.18 Å². The van der Waals surface area contributed by atoms with Crippen molar-refractivity contribution in [2.24, 2.45) is 16.7 Å². The predicted molar refractivity (Wildman–Crippen MR) is 145 cm³/mol. The number of rotatable bonds is 10. The summed E-state index contributed by atoms with van der Waals surface area (Å²) < 4.78 is 13.3. The van der Waals surface area contributed by atoms with Crippen LogP contribution in [0, 0.1) is 28.0 Å². The Labute approximate surface area is 210 Å². The van der Waals surface area contributed by atoms with Crippen LogP contribution in [0.3, 0.4) is 0 Å². The third kappa shape index (κ3) is 8.37. The lowest BCUT2D eigenvalue weighted by Crippen LogP contribution is -2.49. The first-order valence-corrected chi connectivity index (χ1v) is 12.4. The minimum absolute atomic E-state index is 0.0140. The molecule has 0 saturated heterocycles. The molecule has 35 heavy (non-hydrogen) atoms. The minimum Gasteiger partial charge on any atom is -0.355 e. The number of hydrogen-bond donors (Lipinski definition) is 4. The highest BCUT2D eigenvalue weighted by Crippen LogP contribution is 2.41. The molecule has 0 aliphatic heterocycles. The van der Waals surface area contributed by atoms with Gasteiger partial charge < -0.3 is 21.4 Å². The van der Waals surface area contributed by atoms with Crippen LogP contribution in [0.5, 0.6) is 0 Å². The van der Waals surface area contributed by atoms with Crippen LogP contribution in [-0.2, 0) is 0 Å². The molecule has 2 aromatic carbocycles. The van der Waals surface area contributed by atoms with Crippen molar-refractivity contribution in [3.05, 3.63) is 59.4 Å². The molecule has 1 unspecified atom stereocenters. The topological polar surface area (TPSA) is 77.0 Å². The molecule has 0 aliphatic rings. The van der Waals surface area contributed by atoms with E-state index in [1.807, 2.05) is 13.0 Å². The van der Waals surface area contributed by atoms with E-state index >= 15 is 0 Å². The van der Waals surface area contributed by atoms with E-state index in [0.29, 0.717) is 12.5 Å². The molecule has 0 fully saturated rings. The summed E-state index contributed by atoms with van der Waals surface area (Å²) in [5, 5.41) is 17.4. The average Bonchev–Trinajstić information content (AvgIpc) is 2.77. The van der Waals surface area contributed by atoms with Gasteiger partial charge >= 0.3 is 6.03 Å². The molecule has 2 rings (SSSR count). The van der Waals surface area contributed by atoms with Crippen LogP contribution in [0.2, 0.25) is 0 Å². The molecule has 0 spiro atoms. The van der Waals surface area contributed by atoms with E-state index in [2.05, 4.69) is 76.5 Å². The SMILES string of the molecule is CC(C)CC(c1ccc(Nc2ccc(F)cc2)c(C=N)c1)C(C)(C)CNC(=O)N[C@H](C)C(C)(C)C. The first-order chi connectivity index (χ1) is 16.2. The fraction of sp³-hybridized carbons (Fsp3) is 0.517. The van der Waals surface area contributed by atoms with Gasteiger partial charge in [-0.25, -0.2) is 9.18 Å². The molecule has 0 aromatic heterocycles. The summed E-state index contributed by atoms with van der Waals surface area (Å²) in [5.74, 6) is 0.364. The van der Waals surface area contributed by atoms with Crippen LogP contribution in [0.25, 0.3) is 0 Å². The van der Waals surface area contributed by atoms with E-state index < -0.39 is 0 Å². The smallest absolute Gasteiger partial charge is 0.315 e. The zero-order valence-electron chi connectivity index (χ0n) is 22.6. The number of anilines is 2. The standard InChI is InChI=1S/C29H43FN4O/c1-19(2)15-25(29(7,8)18-32-27(35)33-20(3)28(4,5)6)21-9-14-26(22(16-21)17-31)34-24-12-10-23(30)11-13-24/h9-14,16-17,19-20,25,31,34H,15,18H2,1-8H3,(H2,32,33,35)/t20-,25?/m1/s1. The Hall–Kier alpha value is -2.89. The number of carbonyl (C=O) groups excluding carboxylic acids is 1. The molecule has 0 aliphatic carbocycles. The molecular weight excluding hydrogens is 439 g/mol. The van der Waals surface area contributed by atoms with Gasteiger partial charge in [0.1, 0.15) is 5.82 Å². The third-order valence-electron chi connectivity index (χ3n) is 6.76. The fourth-order valence-corrected chi connectivity index (χ4v) is 3.99. The van der Waals surface area contributed by atoms with E-state index in [0.717, 1.165) is 28.9 Å². The zero-order chi connectivity index (χ0) is 26.4. The summed E-state index contributed by atoms with van der Waals surface area (Å²) in [7, 11) is 0. The van der Waals surface area contributed by atoms with Gasteiger partial charge in [-0.05, 0) is 78.0 Å². The molecule has 0 radical (unpaired) electrons. The first-order valence-electron chi connectivity index (χ1n) is 12.4. The van der Waals surface area contributed by atoms with Crippen LogP contribution < -0.4 is 16.0 Å². The van der Waals surface area contributed by atoms with Gasteiger partial charge in [0, 0.05) is 35.7 Å². The summed E-state index contributed by atoms with van der Waals surface area (Å²) in [6.45, 7) is 17.6. The van der Waals surface area contributed by atoms with Crippen molar-refractivity contribution in [2.75, 3.05) is 11.9 Å². The van der Waals surface area contributed by atoms with Crippen LogP contribution in [-0.4, -0.2) is 24.8 Å². The van der Waals surface area contributed by atoms with E-state index in [4.69, 9.17) is 5.41 Å². The third-order valence-corrected chi connectivity index (χ3v) is 6.76. The van der Waals surface area contributed by atoms with Crippen molar-refractivity contribution in [2.45, 2.75) is 73.8 Å². The molecule has 2 amide bonds. The Morgan fingerprint density at radius 1 is 1.03 bits per heavy atom. The number of nitrogens with one attached hydrogen (secondary N) is 4. The van der Waals surface area contributed by atoms with Gasteiger partial charge in [0.15, 0.2) is 0 Å². The highest BCUT2D eigenvalue weighted by molar-refractivity contribution is 5.87. The van der Waals surface area contributed by atoms with Crippen molar-refractivity contribution in [3.8, 4) is 0 Å². The predicted octanol–water partition coefficient (Wildman–Crippen LogP) is 7.46. The normalized spacial score (nSPS) is 13.8. The maximum Gasteiger partial charge on any atom is 0.315 e. The maximum absolute atomic E-state index is 13.3. The maximum atomic E-state index is 13.3. The highest BCUT2D eigenvalue weighted by atomic mass is 19.1. The second-order valence-corrected chi connectivity index (χ2v) is 11.7. The number of halogens is 1. The highest BCUT2D eigenvalue weighted by Gasteiger charge is 2.32. The molecule has 6 heteroatoms. The monoisotopic (exact) mass is 482 g/mol. The number of amides is 2. The van der Waals surface area contributed by atoms with E-state index in [1.54, 1.807) is 12.1 Å². The summed E-state index contributed by atoms with van der Waals surface area (Å²) in [6.07, 6.45) is 2.30. The lowest BCUT2D eigenvalue weighted by atomic mass is 9.71. The molecule has 0 heterocycles. The van der Waals surface area contributed by atoms with Crippen molar-refractivity contribution >= 4 is 23.6 Å². The Morgan fingerprint density at radius 2 is 1.66 bits per heavy atom. The second-order valence-electron chi connectivity index (χ2n) is 11.7. The van der Waals surface area contributed by atoms with Gasteiger partial charge in [0.25, 0.3) is 0 Å². The van der Waals surface area contributed by atoms with Crippen LogP contribution >= 0.6 is 0 Å². The van der Waals surface area contributed by atoms with E-state index in [-0.39, 0.29) is 34.6 Å². The fourth-order valence-electron chi connectivity index (χ4n) is 3.99. The first kappa shape index (κ1) is 28.3. The number of carbonyl (C=O) groups is 1. The zero-order valence-corrected chi connectivity index (χ0v) is 22.6. The molecular formula is C29H43FN4O. The molecule has 0 bridgehead atoms. The van der Waals surface area contributed by atoms with Gasteiger partial charge in [-0.15, -0.1) is 0 Å². The van der Waals surface area contributed by atoms with Crippen molar-refractivity contribution in [1.29, 1.82) is 5.41 Å². The van der Waals surface area contributed by atoms with Gasteiger partial charge in [0.2, 0.25) is 0 Å². The minimum atomic E-state index is -0.285. The largest absolute Gasteiger partial charge is 0.355 e. The van der Waals surface area contributed by atoms with Gasteiger partial charge in [-0.1, -0.05) is 54.5 Å². The molecule has 2 atom stereocenters. The summed E-state index contributed by atoms with van der Waals surface area (Å²) in [5.41, 5.74) is 3.24. The van der Waals surface area contributed by atoms with Gasteiger partial charge in [-0.3, -0.25) is 0 Å². The lowest BCUT2D eigenvalue weighted by molar-refractivity contribution is 0.206. The molecule has 2 aromatic rings. The van der Waals surface area contributed by atoms with Crippen molar-refractivity contribution in [1.82, 2.24) is 10.6 Å². The number of hydrogen-bond acceptors (Lipinski definition) is 3. The van der Waals surface area contributed by atoms with Crippen LogP contribution in [0.15, 0.2) is 42.5 Å². The Kier molecular flexibility index (Phi) is 9.47. The van der Waals surface area contributed by atoms with Crippen LogP contribution in [0.1, 0.15) is 78.9 Å². The van der Waals surface area contributed by atoms with Crippen molar-refractivity contribution < 1.29 is 9.18 Å².